The summed E-state index contributed by atoms with van der Waals surface area (Å²) >= 11 is 5.97. The molecular weight excluding hydrogens is 471 g/mol. The maximum absolute atomic E-state index is 13.2. The van der Waals surface area contributed by atoms with Crippen LogP contribution in [0.3, 0.4) is 0 Å². The normalized spacial score (nSPS) is 13.8. The summed E-state index contributed by atoms with van der Waals surface area (Å²) < 4.78 is 42.0. The number of nitrogens with zero attached hydrogens (tertiary/aromatic N) is 3. The molecule has 0 unspecified atom stereocenters. The number of benzene rings is 2. The lowest BCUT2D eigenvalue weighted by molar-refractivity contribution is -0.138. The molecule has 1 aliphatic carbocycles. The van der Waals surface area contributed by atoms with Crippen molar-refractivity contribution in [2.75, 3.05) is 6.54 Å². The summed E-state index contributed by atoms with van der Waals surface area (Å²) in [6.45, 7) is 0.182. The topological polar surface area (TPSA) is 81.0 Å². The lowest BCUT2D eigenvalue weighted by atomic mass is 10.1. The van der Waals surface area contributed by atoms with E-state index in [0.717, 1.165) is 23.6 Å². The van der Waals surface area contributed by atoms with Gasteiger partial charge < -0.3 is 10.6 Å². The maximum atomic E-state index is 13.2. The quantitative estimate of drug-likeness (QED) is 0.478. The van der Waals surface area contributed by atoms with E-state index >= 15 is 0 Å². The fourth-order valence-electron chi connectivity index (χ4n) is 3.56. The number of carbonyl (C=O) groups is 1. The van der Waals surface area contributed by atoms with Crippen LogP contribution in [0.2, 0.25) is 5.02 Å². The van der Waals surface area contributed by atoms with Crippen molar-refractivity contribution >= 4 is 17.5 Å². The third-order valence-corrected chi connectivity index (χ3v) is 5.72. The van der Waals surface area contributed by atoms with Crippen molar-refractivity contribution in [3.05, 3.63) is 75.2 Å². The van der Waals surface area contributed by atoms with Crippen LogP contribution in [0.4, 0.5) is 13.2 Å². The number of hydrogen-bond acceptors (Lipinski definition) is 4. The van der Waals surface area contributed by atoms with Crippen LogP contribution >= 0.6 is 11.6 Å². The van der Waals surface area contributed by atoms with Crippen LogP contribution in [-0.4, -0.2) is 32.8 Å². The highest BCUT2D eigenvalue weighted by Crippen LogP contribution is 2.31. The van der Waals surface area contributed by atoms with Crippen LogP contribution in [-0.2, 0) is 30.6 Å². The number of amides is 1. The van der Waals surface area contributed by atoms with Gasteiger partial charge in [0.25, 0.3) is 0 Å². The van der Waals surface area contributed by atoms with E-state index in [1.54, 1.807) is 24.3 Å². The van der Waals surface area contributed by atoms with E-state index in [4.69, 9.17) is 11.6 Å². The van der Waals surface area contributed by atoms with E-state index in [9.17, 15) is 22.8 Å². The first-order chi connectivity index (χ1) is 16.2. The molecule has 1 saturated carbocycles. The number of hydrogen-bond donors (Lipinski definition) is 2. The molecule has 1 aromatic heterocycles. The standard InChI is InChI=1S/C23H23ClF3N5O2/c24-17-7-5-15(6-8-17)21-30-32(22(34)31(21)12-11-28-18-9-10-18)14-20(33)29-13-16-3-1-2-4-19(16)23(25,26)27/h1-8,18,28H,9-14H2,(H,29,33). The molecule has 0 bridgehead atoms. The third-order valence-electron chi connectivity index (χ3n) is 5.46. The van der Waals surface area contributed by atoms with Gasteiger partial charge in [0.2, 0.25) is 5.91 Å². The predicted molar refractivity (Wildman–Crippen MR) is 121 cm³/mol. The van der Waals surface area contributed by atoms with Crippen molar-refractivity contribution in [2.24, 2.45) is 0 Å². The van der Waals surface area contributed by atoms with Crippen LogP contribution < -0.4 is 16.3 Å². The minimum absolute atomic E-state index is 0.0609. The van der Waals surface area contributed by atoms with Crippen molar-refractivity contribution in [1.29, 1.82) is 0 Å². The van der Waals surface area contributed by atoms with E-state index in [-0.39, 0.29) is 12.1 Å². The Morgan fingerprint density at radius 2 is 1.82 bits per heavy atom. The molecule has 0 saturated heterocycles. The van der Waals surface area contributed by atoms with Crippen LogP contribution in [0.5, 0.6) is 0 Å². The van der Waals surface area contributed by atoms with E-state index in [1.807, 2.05) is 0 Å². The molecule has 0 spiro atoms. The number of alkyl halides is 3. The smallest absolute Gasteiger partial charge is 0.350 e. The first kappa shape index (κ1) is 24.0. The number of carbonyl (C=O) groups excluding carboxylic acids is 1. The van der Waals surface area contributed by atoms with Gasteiger partial charge in [-0.2, -0.15) is 13.2 Å². The minimum Gasteiger partial charge on any atom is -0.350 e. The first-order valence-electron chi connectivity index (χ1n) is 10.8. The Balaban J connectivity index is 1.50. The van der Waals surface area contributed by atoms with Crippen molar-refractivity contribution < 1.29 is 18.0 Å². The van der Waals surface area contributed by atoms with Crippen LogP contribution in [0.1, 0.15) is 24.0 Å². The highest BCUT2D eigenvalue weighted by atomic mass is 35.5. The molecule has 0 radical (unpaired) electrons. The third kappa shape index (κ3) is 5.87. The van der Waals surface area contributed by atoms with Crippen LogP contribution in [0.25, 0.3) is 11.4 Å². The molecule has 3 aromatic rings. The van der Waals surface area contributed by atoms with Gasteiger partial charge in [0.1, 0.15) is 6.54 Å². The Hall–Kier alpha value is -3.11. The van der Waals surface area contributed by atoms with Crippen LogP contribution in [0.15, 0.2) is 53.3 Å². The molecule has 1 amide bonds. The molecule has 2 N–H and O–H groups in total. The Kier molecular flexibility index (Phi) is 7.08. The van der Waals surface area contributed by atoms with Crippen molar-refractivity contribution in [3.8, 4) is 11.4 Å². The summed E-state index contributed by atoms with van der Waals surface area (Å²) in [5.74, 6) is -0.239. The average Bonchev–Trinajstić information content (AvgIpc) is 3.58. The van der Waals surface area contributed by atoms with Crippen molar-refractivity contribution in [1.82, 2.24) is 25.0 Å². The number of aromatic nitrogens is 3. The second-order valence-corrected chi connectivity index (χ2v) is 8.52. The molecule has 2 aromatic carbocycles. The van der Waals surface area contributed by atoms with Gasteiger partial charge in [-0.1, -0.05) is 29.8 Å². The summed E-state index contributed by atoms with van der Waals surface area (Å²) in [6.07, 6.45) is -2.31. The van der Waals surface area contributed by atoms with E-state index in [2.05, 4.69) is 15.7 Å². The van der Waals surface area contributed by atoms with E-state index in [1.165, 1.54) is 22.8 Å². The zero-order valence-electron chi connectivity index (χ0n) is 18.1. The van der Waals surface area contributed by atoms with Crippen LogP contribution in [0, 0.1) is 0 Å². The fourth-order valence-corrected chi connectivity index (χ4v) is 3.69. The number of nitrogens with one attached hydrogen (secondary N) is 2. The van der Waals surface area contributed by atoms with Crippen molar-refractivity contribution in [2.45, 2.75) is 44.7 Å². The van der Waals surface area contributed by atoms with Gasteiger partial charge in [-0.15, -0.1) is 5.10 Å². The highest BCUT2D eigenvalue weighted by molar-refractivity contribution is 6.30. The average molecular weight is 494 g/mol. The molecule has 7 nitrogen and oxygen atoms in total. The van der Waals surface area contributed by atoms with E-state index < -0.39 is 29.9 Å². The predicted octanol–water partition coefficient (Wildman–Crippen LogP) is 3.45. The van der Waals surface area contributed by atoms with Gasteiger partial charge in [-0.05, 0) is 48.7 Å². The molecule has 4 rings (SSSR count). The summed E-state index contributed by atoms with van der Waals surface area (Å²) in [5, 5.41) is 10.7. The fraction of sp³-hybridized carbons (Fsp3) is 0.348. The second kappa shape index (κ2) is 10.0. The summed E-state index contributed by atoms with van der Waals surface area (Å²) in [5.41, 5.74) is -0.696. The monoisotopic (exact) mass is 493 g/mol. The zero-order chi connectivity index (χ0) is 24.3. The van der Waals surface area contributed by atoms with Gasteiger partial charge >= 0.3 is 11.9 Å². The maximum Gasteiger partial charge on any atom is 0.416 e. The molecule has 34 heavy (non-hydrogen) atoms. The Morgan fingerprint density at radius 1 is 1.12 bits per heavy atom. The Morgan fingerprint density at radius 3 is 2.50 bits per heavy atom. The summed E-state index contributed by atoms with van der Waals surface area (Å²) in [4.78, 5) is 25.5. The Labute approximate surface area is 198 Å². The van der Waals surface area contributed by atoms with E-state index in [0.29, 0.717) is 35.5 Å². The number of rotatable bonds is 9. The molecule has 0 aliphatic heterocycles. The lowest BCUT2D eigenvalue weighted by Crippen LogP contribution is -2.35. The first-order valence-corrected chi connectivity index (χ1v) is 11.2. The van der Waals surface area contributed by atoms with Crippen molar-refractivity contribution in [3.63, 3.8) is 0 Å². The SMILES string of the molecule is O=C(Cn1nc(-c2ccc(Cl)cc2)n(CCNC2CC2)c1=O)NCc1ccccc1C(F)(F)F. The largest absolute Gasteiger partial charge is 0.416 e. The molecular formula is C23H23ClF3N5O2. The molecule has 180 valence electrons. The van der Waals surface area contributed by atoms with Gasteiger partial charge in [0, 0.05) is 36.3 Å². The molecule has 0 atom stereocenters. The molecule has 1 aliphatic rings. The minimum atomic E-state index is -4.53. The van der Waals surface area contributed by atoms with Gasteiger partial charge in [-0.25, -0.2) is 9.48 Å². The van der Waals surface area contributed by atoms with Gasteiger partial charge in [-0.3, -0.25) is 9.36 Å². The molecule has 1 fully saturated rings. The highest BCUT2D eigenvalue weighted by Gasteiger charge is 2.32. The molecule has 11 heteroatoms. The second-order valence-electron chi connectivity index (χ2n) is 8.08. The van der Waals surface area contributed by atoms with Gasteiger partial charge in [0.15, 0.2) is 5.82 Å². The summed E-state index contributed by atoms with van der Waals surface area (Å²) in [7, 11) is 0. The Bertz CT molecular complexity index is 1220. The molecule has 1 heterocycles. The lowest BCUT2D eigenvalue weighted by Gasteiger charge is -2.13. The zero-order valence-corrected chi connectivity index (χ0v) is 18.9. The summed E-state index contributed by atoms with van der Waals surface area (Å²) in [6, 6.07) is 12.3. The van der Waals surface area contributed by atoms with Gasteiger partial charge in [0.05, 0.1) is 5.56 Å². The number of halogens is 4.